The lowest BCUT2D eigenvalue weighted by atomic mass is 10.1. The number of ketones is 1. The predicted molar refractivity (Wildman–Crippen MR) is 84.9 cm³/mol. The molecule has 22 heavy (non-hydrogen) atoms. The average molecular weight is 344 g/mol. The second-order valence-electron chi connectivity index (χ2n) is 4.63. The van der Waals surface area contributed by atoms with Crippen LogP contribution in [0.15, 0.2) is 23.1 Å². The van der Waals surface area contributed by atoms with Crippen molar-refractivity contribution in [1.82, 2.24) is 9.78 Å². The molecule has 1 heterocycles. The molecule has 118 valence electrons. The Bertz CT molecular complexity index is 765. The molecule has 2 aromatic rings. The van der Waals surface area contributed by atoms with Crippen LogP contribution in [0, 0.1) is 0 Å². The number of halogens is 2. The number of nitrogens with two attached hydrogens (primary N) is 1. The second kappa shape index (κ2) is 6.56. The van der Waals surface area contributed by atoms with Gasteiger partial charge < -0.3 is 9.84 Å². The summed E-state index contributed by atoms with van der Waals surface area (Å²) in [4.78, 5) is 24.6. The number of aromatic nitrogens is 2. The Morgan fingerprint density at radius 2 is 2.09 bits per heavy atom. The molecule has 0 saturated carbocycles. The number of nitrogens with one attached hydrogen (secondary N) is 1. The van der Waals surface area contributed by atoms with E-state index in [-0.39, 0.29) is 26.9 Å². The zero-order valence-corrected chi connectivity index (χ0v) is 13.5. The van der Waals surface area contributed by atoms with Crippen LogP contribution >= 0.6 is 23.2 Å². The molecule has 0 spiro atoms. The van der Waals surface area contributed by atoms with Crippen LogP contribution in [0.1, 0.15) is 29.8 Å². The molecule has 0 bridgehead atoms. The van der Waals surface area contributed by atoms with Gasteiger partial charge in [-0.15, -0.1) is 0 Å². The molecule has 1 aromatic carbocycles. The van der Waals surface area contributed by atoms with Gasteiger partial charge in [-0.25, -0.2) is 0 Å². The van der Waals surface area contributed by atoms with Crippen molar-refractivity contribution in [1.29, 1.82) is 0 Å². The van der Waals surface area contributed by atoms with Gasteiger partial charge >= 0.3 is 0 Å². The summed E-state index contributed by atoms with van der Waals surface area (Å²) in [7, 11) is 0. The van der Waals surface area contributed by atoms with E-state index in [1.165, 1.54) is 23.0 Å². The van der Waals surface area contributed by atoms with Crippen LogP contribution in [0.2, 0.25) is 10.0 Å². The fourth-order valence-electron chi connectivity index (χ4n) is 1.95. The van der Waals surface area contributed by atoms with Crippen molar-refractivity contribution in [3.05, 3.63) is 49.9 Å². The number of ether oxygens (including phenoxy) is 1. The number of carbonyl (C=O) groups is 1. The van der Waals surface area contributed by atoms with Crippen molar-refractivity contribution in [2.45, 2.75) is 26.6 Å². The molecule has 0 amide bonds. The number of aromatic amines is 1. The highest BCUT2D eigenvalue weighted by molar-refractivity contribution is 6.39. The lowest BCUT2D eigenvalue weighted by molar-refractivity contribution is 0.103. The van der Waals surface area contributed by atoms with Gasteiger partial charge in [-0.05, 0) is 26.0 Å². The number of hydrogen-bond acceptors (Lipinski definition) is 4. The first-order valence-corrected chi connectivity index (χ1v) is 7.35. The van der Waals surface area contributed by atoms with Crippen LogP contribution in [0.5, 0.6) is 5.75 Å². The summed E-state index contributed by atoms with van der Waals surface area (Å²) in [6.07, 6.45) is 0.704. The zero-order valence-electron chi connectivity index (χ0n) is 12.0. The fourth-order valence-corrected chi connectivity index (χ4v) is 2.50. The van der Waals surface area contributed by atoms with Crippen LogP contribution in [0.4, 0.5) is 0 Å². The number of carbonyl (C=O) groups excluding carboxylic acids is 1. The van der Waals surface area contributed by atoms with Crippen molar-refractivity contribution < 1.29 is 9.53 Å². The molecular weight excluding hydrogens is 329 g/mol. The highest BCUT2D eigenvalue weighted by Gasteiger charge is 2.22. The minimum Gasteiger partial charge on any atom is -0.473 e. The smallest absolute Gasteiger partial charge is 0.277 e. The lowest BCUT2D eigenvalue weighted by Gasteiger charge is -2.14. The third kappa shape index (κ3) is 3.04. The summed E-state index contributed by atoms with van der Waals surface area (Å²) in [6, 6.07) is 2.92. The summed E-state index contributed by atoms with van der Waals surface area (Å²) in [5, 5.41) is 2.98. The van der Waals surface area contributed by atoms with Crippen molar-refractivity contribution >= 4 is 29.0 Å². The maximum atomic E-state index is 12.5. The molecule has 0 fully saturated rings. The Morgan fingerprint density at radius 1 is 1.41 bits per heavy atom. The van der Waals surface area contributed by atoms with Crippen molar-refractivity contribution in [2.75, 3.05) is 0 Å². The number of aryl methyl sites for hydroxylation is 1. The van der Waals surface area contributed by atoms with Gasteiger partial charge in [0.05, 0.1) is 10.0 Å². The molecule has 0 radical (unpaired) electrons. The third-order valence-electron chi connectivity index (χ3n) is 3.00. The summed E-state index contributed by atoms with van der Waals surface area (Å²) in [5.41, 5.74) is 5.28. The summed E-state index contributed by atoms with van der Waals surface area (Å²) in [6.45, 7) is 3.82. The van der Waals surface area contributed by atoms with E-state index in [2.05, 4.69) is 5.10 Å². The predicted octanol–water partition coefficient (Wildman–Crippen LogP) is 2.42. The monoisotopic (exact) mass is 343 g/mol. The van der Waals surface area contributed by atoms with E-state index in [1.54, 1.807) is 13.8 Å². The van der Waals surface area contributed by atoms with Gasteiger partial charge in [-0.3, -0.25) is 20.0 Å². The van der Waals surface area contributed by atoms with Gasteiger partial charge in [0, 0.05) is 18.3 Å². The van der Waals surface area contributed by atoms with Crippen LogP contribution in [0.25, 0.3) is 0 Å². The van der Waals surface area contributed by atoms with E-state index >= 15 is 0 Å². The number of H-pyrrole nitrogens is 1. The summed E-state index contributed by atoms with van der Waals surface area (Å²) in [5.74, 6) is -0.389. The molecule has 3 N–H and O–H groups in total. The molecule has 1 atom stereocenters. The molecule has 0 aliphatic heterocycles. The van der Waals surface area contributed by atoms with Crippen molar-refractivity contribution in [3.8, 4) is 5.75 Å². The first-order chi connectivity index (χ1) is 10.4. The van der Waals surface area contributed by atoms with E-state index in [4.69, 9.17) is 33.7 Å². The van der Waals surface area contributed by atoms with Gasteiger partial charge in [0.25, 0.3) is 5.56 Å². The molecule has 1 unspecified atom stereocenters. The number of benzene rings is 1. The highest BCUT2D eigenvalue weighted by Crippen LogP contribution is 2.36. The van der Waals surface area contributed by atoms with Crippen LogP contribution in [-0.2, 0) is 6.54 Å². The molecule has 0 aliphatic rings. The Labute approximate surface area is 136 Å². The number of nitrogens with zero attached hydrogens (tertiary/aromatic N) is 1. The van der Waals surface area contributed by atoms with Gasteiger partial charge in [0.2, 0.25) is 5.78 Å². The lowest BCUT2D eigenvalue weighted by Crippen LogP contribution is -2.23. The highest BCUT2D eigenvalue weighted by atomic mass is 35.5. The fraction of sp³-hybridized carbons (Fsp3) is 0.286. The van der Waals surface area contributed by atoms with Gasteiger partial charge in [0.1, 0.15) is 11.8 Å². The summed E-state index contributed by atoms with van der Waals surface area (Å²) >= 11 is 12.2. The van der Waals surface area contributed by atoms with E-state index in [0.717, 1.165) is 0 Å². The Morgan fingerprint density at radius 3 is 2.64 bits per heavy atom. The largest absolute Gasteiger partial charge is 0.473 e. The normalized spacial score (nSPS) is 12.2. The van der Waals surface area contributed by atoms with E-state index in [9.17, 15) is 9.59 Å². The summed E-state index contributed by atoms with van der Waals surface area (Å²) < 4.78 is 6.65. The molecule has 0 aliphatic carbocycles. The zero-order chi connectivity index (χ0) is 16.4. The maximum absolute atomic E-state index is 12.5. The van der Waals surface area contributed by atoms with Crippen LogP contribution in [-0.4, -0.2) is 21.8 Å². The Kier molecular flexibility index (Phi) is 4.95. The van der Waals surface area contributed by atoms with Crippen molar-refractivity contribution in [2.24, 2.45) is 5.73 Å². The van der Waals surface area contributed by atoms with E-state index < -0.39 is 17.6 Å². The average Bonchev–Trinajstić information content (AvgIpc) is 2.83. The van der Waals surface area contributed by atoms with Crippen LogP contribution < -0.4 is 16.0 Å². The number of rotatable bonds is 5. The Hall–Kier alpha value is -1.76. The Balaban J connectivity index is 2.50. The first-order valence-electron chi connectivity index (χ1n) is 6.60. The molecule has 1 aromatic heterocycles. The van der Waals surface area contributed by atoms with Gasteiger partial charge in [0.15, 0.2) is 5.75 Å². The second-order valence-corrected chi connectivity index (χ2v) is 5.41. The molecule has 2 rings (SSSR count). The quantitative estimate of drug-likeness (QED) is 0.644. The molecular formula is C14H15Cl2N3O3. The van der Waals surface area contributed by atoms with Gasteiger partial charge in [-0.2, -0.15) is 0 Å². The van der Waals surface area contributed by atoms with E-state index in [0.29, 0.717) is 6.54 Å². The topological polar surface area (TPSA) is 90.1 Å². The SMILES string of the molecule is CCn1[nH]cc(C(=O)c2ccc(Cl)c(OC(C)N)c2Cl)c1=O. The third-order valence-corrected chi connectivity index (χ3v) is 3.67. The first kappa shape index (κ1) is 16.6. The minimum absolute atomic E-state index is 0.00202. The van der Waals surface area contributed by atoms with E-state index in [1.807, 2.05) is 0 Å². The standard InChI is InChI=1S/C14H15Cl2N3O3/c1-3-19-14(21)9(6-18-19)12(20)8-4-5-10(15)13(11(8)16)22-7(2)17/h4-7,18H,3,17H2,1-2H3. The molecule has 8 heteroatoms. The van der Waals surface area contributed by atoms with Crippen LogP contribution in [0.3, 0.4) is 0 Å². The molecule has 0 saturated heterocycles. The number of hydrogen-bond donors (Lipinski definition) is 2. The minimum atomic E-state index is -0.648. The van der Waals surface area contributed by atoms with Gasteiger partial charge in [-0.1, -0.05) is 23.2 Å². The maximum Gasteiger partial charge on any atom is 0.277 e. The molecule has 6 nitrogen and oxygen atoms in total. The van der Waals surface area contributed by atoms with Crippen molar-refractivity contribution in [3.63, 3.8) is 0 Å².